The van der Waals surface area contributed by atoms with Gasteiger partial charge in [-0.05, 0) is 35.0 Å². The largest absolute Gasteiger partial charge is 0.478 e. The molecule has 1 aromatic heterocycles. The first-order valence-electron chi connectivity index (χ1n) is 5.72. The third kappa shape index (κ3) is 3.16. The van der Waals surface area contributed by atoms with Gasteiger partial charge in [0.15, 0.2) is 5.75 Å². The zero-order valence-electron chi connectivity index (χ0n) is 10.7. The second-order valence-electron chi connectivity index (χ2n) is 4.04. The Kier molecular flexibility index (Phi) is 4.18. The standard InChI is InChI=1S/C13H9BrN2O5/c1-7-8(13(17)18)5-6-11(15-7)21-10-4-2-3-9(12(10)14)16(19)20/h2-6H,1H3,(H,17,18). The van der Waals surface area contributed by atoms with Gasteiger partial charge in [0.05, 0.1) is 16.2 Å². The number of benzene rings is 1. The van der Waals surface area contributed by atoms with E-state index in [2.05, 4.69) is 20.9 Å². The summed E-state index contributed by atoms with van der Waals surface area (Å²) in [5, 5.41) is 19.8. The molecule has 1 heterocycles. The quantitative estimate of drug-likeness (QED) is 0.666. The van der Waals surface area contributed by atoms with Gasteiger partial charge in [0.2, 0.25) is 5.88 Å². The number of carboxylic acids is 1. The number of aryl methyl sites for hydroxylation is 1. The Balaban J connectivity index is 2.35. The summed E-state index contributed by atoms with van der Waals surface area (Å²) in [7, 11) is 0. The Bertz CT molecular complexity index is 732. The van der Waals surface area contributed by atoms with E-state index in [0.29, 0.717) is 5.69 Å². The molecule has 2 rings (SSSR count). The van der Waals surface area contributed by atoms with Crippen LogP contribution in [0, 0.1) is 17.0 Å². The fraction of sp³-hybridized carbons (Fsp3) is 0.0769. The Morgan fingerprint density at radius 1 is 1.38 bits per heavy atom. The highest BCUT2D eigenvalue weighted by atomic mass is 79.9. The number of nitrogens with zero attached hydrogens (tertiary/aromatic N) is 2. The van der Waals surface area contributed by atoms with Gasteiger partial charge in [-0.25, -0.2) is 9.78 Å². The molecule has 0 amide bonds. The number of aromatic nitrogens is 1. The predicted octanol–water partition coefficient (Wildman–Crippen LogP) is 3.55. The van der Waals surface area contributed by atoms with Crippen LogP contribution >= 0.6 is 15.9 Å². The molecule has 0 unspecified atom stereocenters. The zero-order chi connectivity index (χ0) is 15.6. The van der Waals surface area contributed by atoms with Gasteiger partial charge in [0, 0.05) is 12.1 Å². The average molecular weight is 353 g/mol. The Hall–Kier alpha value is -2.48. The molecule has 2 aromatic rings. The van der Waals surface area contributed by atoms with Gasteiger partial charge in [-0.2, -0.15) is 0 Å². The van der Waals surface area contributed by atoms with Gasteiger partial charge in [0.1, 0.15) is 4.47 Å². The van der Waals surface area contributed by atoms with Crippen molar-refractivity contribution < 1.29 is 19.6 Å². The first-order chi connectivity index (χ1) is 9.90. The monoisotopic (exact) mass is 352 g/mol. The van der Waals surface area contributed by atoms with Gasteiger partial charge in [-0.3, -0.25) is 10.1 Å². The molecule has 0 radical (unpaired) electrons. The van der Waals surface area contributed by atoms with Crippen molar-refractivity contribution in [1.29, 1.82) is 0 Å². The number of carboxylic acid groups (broad SMARTS) is 1. The van der Waals surface area contributed by atoms with Crippen molar-refractivity contribution in [2.45, 2.75) is 6.92 Å². The molecule has 0 aliphatic carbocycles. The molecule has 0 saturated carbocycles. The lowest BCUT2D eigenvalue weighted by atomic mass is 10.2. The molecule has 0 spiro atoms. The number of nitro benzene ring substituents is 1. The molecule has 0 bridgehead atoms. The Morgan fingerprint density at radius 2 is 2.10 bits per heavy atom. The van der Waals surface area contributed by atoms with E-state index in [-0.39, 0.29) is 27.4 Å². The molecule has 21 heavy (non-hydrogen) atoms. The lowest BCUT2D eigenvalue weighted by molar-refractivity contribution is -0.385. The summed E-state index contributed by atoms with van der Waals surface area (Å²) in [6.45, 7) is 1.54. The maximum absolute atomic E-state index is 10.9. The highest BCUT2D eigenvalue weighted by Gasteiger charge is 2.17. The minimum Gasteiger partial charge on any atom is -0.478 e. The van der Waals surface area contributed by atoms with E-state index in [4.69, 9.17) is 9.84 Å². The first kappa shape index (κ1) is 14.9. The number of halogens is 1. The number of pyridine rings is 1. The van der Waals surface area contributed by atoms with Crippen molar-refractivity contribution in [3.63, 3.8) is 0 Å². The van der Waals surface area contributed by atoms with Crippen LogP contribution in [-0.2, 0) is 0 Å². The third-order valence-electron chi connectivity index (χ3n) is 2.64. The van der Waals surface area contributed by atoms with Crippen molar-refractivity contribution >= 4 is 27.6 Å². The molecule has 0 saturated heterocycles. The molecule has 0 atom stereocenters. The van der Waals surface area contributed by atoms with Crippen molar-refractivity contribution in [1.82, 2.24) is 4.98 Å². The lowest BCUT2D eigenvalue weighted by Crippen LogP contribution is -2.02. The summed E-state index contributed by atoms with van der Waals surface area (Å²) in [6.07, 6.45) is 0. The van der Waals surface area contributed by atoms with E-state index in [1.807, 2.05) is 0 Å². The highest BCUT2D eigenvalue weighted by Crippen LogP contribution is 2.36. The van der Waals surface area contributed by atoms with Gasteiger partial charge in [-0.1, -0.05) is 6.07 Å². The maximum atomic E-state index is 10.9. The molecular formula is C13H9BrN2O5. The molecule has 0 fully saturated rings. The van der Waals surface area contributed by atoms with Crippen LogP contribution in [0.4, 0.5) is 5.69 Å². The van der Waals surface area contributed by atoms with E-state index in [1.165, 1.54) is 24.3 Å². The van der Waals surface area contributed by atoms with Crippen LogP contribution in [0.2, 0.25) is 0 Å². The van der Waals surface area contributed by atoms with Gasteiger partial charge in [0.25, 0.3) is 5.69 Å². The fourth-order valence-electron chi connectivity index (χ4n) is 1.65. The van der Waals surface area contributed by atoms with Crippen molar-refractivity contribution in [3.05, 3.63) is 56.2 Å². The summed E-state index contributed by atoms with van der Waals surface area (Å²) < 4.78 is 5.65. The summed E-state index contributed by atoms with van der Waals surface area (Å²) in [4.78, 5) is 25.2. The summed E-state index contributed by atoms with van der Waals surface area (Å²) in [5.74, 6) is -0.707. The lowest BCUT2D eigenvalue weighted by Gasteiger charge is -2.08. The van der Waals surface area contributed by atoms with Gasteiger partial charge in [-0.15, -0.1) is 0 Å². The van der Waals surface area contributed by atoms with Crippen LogP contribution in [0.15, 0.2) is 34.8 Å². The van der Waals surface area contributed by atoms with Crippen LogP contribution in [0.3, 0.4) is 0 Å². The number of ether oxygens (including phenoxy) is 1. The second-order valence-corrected chi connectivity index (χ2v) is 4.83. The summed E-state index contributed by atoms with van der Waals surface area (Å²) >= 11 is 3.11. The highest BCUT2D eigenvalue weighted by molar-refractivity contribution is 9.10. The summed E-state index contributed by atoms with van der Waals surface area (Å²) in [5.41, 5.74) is 0.230. The SMILES string of the molecule is Cc1nc(Oc2cccc([N+](=O)[O-])c2Br)ccc1C(=O)O. The summed E-state index contributed by atoms with van der Waals surface area (Å²) in [6, 6.07) is 7.12. The zero-order valence-corrected chi connectivity index (χ0v) is 12.3. The van der Waals surface area contributed by atoms with Gasteiger partial charge < -0.3 is 9.84 Å². The van der Waals surface area contributed by atoms with Crippen LogP contribution in [-0.4, -0.2) is 21.0 Å². The Morgan fingerprint density at radius 3 is 2.67 bits per heavy atom. The fourth-order valence-corrected chi connectivity index (χ4v) is 2.14. The van der Waals surface area contributed by atoms with E-state index in [0.717, 1.165) is 0 Å². The van der Waals surface area contributed by atoms with E-state index >= 15 is 0 Å². The molecule has 8 heteroatoms. The van der Waals surface area contributed by atoms with Crippen LogP contribution in [0.25, 0.3) is 0 Å². The van der Waals surface area contributed by atoms with Crippen molar-refractivity contribution in [2.24, 2.45) is 0 Å². The molecule has 7 nitrogen and oxygen atoms in total. The van der Waals surface area contributed by atoms with E-state index in [1.54, 1.807) is 13.0 Å². The topological polar surface area (TPSA) is 103 Å². The number of carbonyl (C=O) groups is 1. The molecule has 0 aliphatic heterocycles. The minimum absolute atomic E-state index is 0.0699. The number of rotatable bonds is 4. The molecule has 108 valence electrons. The molecule has 1 N–H and O–H groups in total. The van der Waals surface area contributed by atoms with Crippen molar-refractivity contribution in [2.75, 3.05) is 0 Å². The maximum Gasteiger partial charge on any atom is 0.337 e. The smallest absolute Gasteiger partial charge is 0.337 e. The minimum atomic E-state index is -1.08. The van der Waals surface area contributed by atoms with Crippen molar-refractivity contribution in [3.8, 4) is 11.6 Å². The van der Waals surface area contributed by atoms with Crippen LogP contribution in [0.1, 0.15) is 16.1 Å². The van der Waals surface area contributed by atoms with Gasteiger partial charge >= 0.3 is 5.97 Å². The van der Waals surface area contributed by atoms with E-state index in [9.17, 15) is 14.9 Å². The number of aromatic carboxylic acids is 1. The molecule has 0 aliphatic rings. The average Bonchev–Trinajstić information content (AvgIpc) is 2.40. The number of nitro groups is 1. The normalized spacial score (nSPS) is 10.2. The molecule has 1 aromatic carbocycles. The second kappa shape index (κ2) is 5.88. The predicted molar refractivity (Wildman–Crippen MR) is 76.8 cm³/mol. The van der Waals surface area contributed by atoms with Crippen LogP contribution < -0.4 is 4.74 Å². The number of hydrogen-bond donors (Lipinski definition) is 1. The Labute approximate surface area is 127 Å². The first-order valence-corrected chi connectivity index (χ1v) is 6.51. The van der Waals surface area contributed by atoms with E-state index < -0.39 is 10.9 Å². The van der Waals surface area contributed by atoms with Crippen LogP contribution in [0.5, 0.6) is 11.6 Å². The third-order valence-corrected chi connectivity index (χ3v) is 3.44. The number of hydrogen-bond acceptors (Lipinski definition) is 5. The molecular weight excluding hydrogens is 344 g/mol.